The molecule has 1 aliphatic carbocycles. The summed E-state index contributed by atoms with van der Waals surface area (Å²) < 4.78 is 6.75. The van der Waals surface area contributed by atoms with Crippen LogP contribution in [0.3, 0.4) is 0 Å². The molecule has 0 radical (unpaired) electrons. The minimum atomic E-state index is -0.673. The van der Waals surface area contributed by atoms with E-state index in [4.69, 9.17) is 28.6 Å². The third kappa shape index (κ3) is 2.96. The molecule has 0 saturated heterocycles. The molecule has 2 heterocycles. The van der Waals surface area contributed by atoms with E-state index in [-0.39, 0.29) is 26.7 Å². The zero-order valence-corrected chi connectivity index (χ0v) is 16.3. The number of aromatic amines is 1. The van der Waals surface area contributed by atoms with Crippen molar-refractivity contribution < 1.29 is 9.53 Å². The summed E-state index contributed by atoms with van der Waals surface area (Å²) in [6.07, 6.45) is 1.88. The Morgan fingerprint density at radius 1 is 1.41 bits per heavy atom. The molecule has 1 aliphatic rings. The first-order valence-corrected chi connectivity index (χ1v) is 9.24. The highest BCUT2D eigenvalue weighted by Crippen LogP contribution is 2.44. The van der Waals surface area contributed by atoms with E-state index in [1.54, 1.807) is 4.57 Å². The number of rotatable bonds is 3. The Kier molecular flexibility index (Phi) is 4.36. The maximum Gasteiger partial charge on any atom is 0.340 e. The van der Waals surface area contributed by atoms with Crippen molar-refractivity contribution in [2.75, 3.05) is 7.11 Å². The number of halogens is 1. The third-order valence-electron chi connectivity index (χ3n) is 4.62. The van der Waals surface area contributed by atoms with Gasteiger partial charge < -0.3 is 4.74 Å². The van der Waals surface area contributed by atoms with Crippen molar-refractivity contribution in [1.82, 2.24) is 14.5 Å². The summed E-state index contributed by atoms with van der Waals surface area (Å²) in [6.45, 7) is 1.96. The van der Waals surface area contributed by atoms with E-state index in [9.17, 15) is 9.59 Å². The Morgan fingerprint density at radius 2 is 2.15 bits per heavy atom. The predicted octanol–water partition coefficient (Wildman–Crippen LogP) is 4.07. The van der Waals surface area contributed by atoms with Gasteiger partial charge in [-0.05, 0) is 49.7 Å². The lowest BCUT2D eigenvalue weighted by Gasteiger charge is -2.15. The number of carbonyl (C=O) groups excluding carboxylic acids is 1. The average molecular weight is 402 g/mol. The second kappa shape index (κ2) is 6.58. The second-order valence-corrected chi connectivity index (χ2v) is 7.35. The zero-order valence-electron chi connectivity index (χ0n) is 14.7. The lowest BCUT2D eigenvalue weighted by Crippen LogP contribution is -2.20. The molecule has 0 spiro atoms. The average Bonchev–Trinajstić information content (AvgIpc) is 3.46. The van der Waals surface area contributed by atoms with E-state index in [1.165, 1.54) is 7.11 Å². The summed E-state index contributed by atoms with van der Waals surface area (Å²) in [5, 5.41) is 0.251. The molecule has 0 unspecified atom stereocenters. The van der Waals surface area contributed by atoms with Crippen LogP contribution in [0.25, 0.3) is 16.7 Å². The van der Waals surface area contributed by atoms with Gasteiger partial charge in [-0.15, -0.1) is 0 Å². The normalized spacial score (nSPS) is 13.7. The molecule has 0 bridgehead atoms. The molecule has 0 atom stereocenters. The largest absolute Gasteiger partial charge is 0.465 e. The number of pyridine rings is 1. The first kappa shape index (κ1) is 17.9. The van der Waals surface area contributed by atoms with Gasteiger partial charge in [0.2, 0.25) is 0 Å². The molecule has 0 amide bonds. The molecule has 138 valence electrons. The van der Waals surface area contributed by atoms with Gasteiger partial charge in [0.15, 0.2) is 10.4 Å². The summed E-state index contributed by atoms with van der Waals surface area (Å²) in [4.78, 5) is 32.5. The SMILES string of the molecule is COC(=O)c1c(Cl)c(C2CC2)nc2c1c(=O)[nH]c(=S)n2-c1cccc(C)c1. The fraction of sp³-hybridized carbons (Fsp3) is 0.263. The molecule has 4 rings (SSSR count). The van der Waals surface area contributed by atoms with Crippen LogP contribution in [0.15, 0.2) is 29.1 Å². The molecule has 1 N–H and O–H groups in total. The van der Waals surface area contributed by atoms with Crippen molar-refractivity contribution in [3.63, 3.8) is 0 Å². The molecular formula is C19H16ClN3O3S. The molecular weight excluding hydrogens is 386 g/mol. The summed E-state index contributed by atoms with van der Waals surface area (Å²) in [5.74, 6) is -0.503. The van der Waals surface area contributed by atoms with Crippen molar-refractivity contribution in [3.05, 3.63) is 61.2 Å². The van der Waals surface area contributed by atoms with Gasteiger partial charge in [0.25, 0.3) is 5.56 Å². The molecule has 1 fully saturated rings. The van der Waals surface area contributed by atoms with Crippen LogP contribution in [-0.2, 0) is 4.74 Å². The molecule has 8 heteroatoms. The lowest BCUT2D eigenvalue weighted by molar-refractivity contribution is 0.0603. The van der Waals surface area contributed by atoms with Crippen LogP contribution in [0.1, 0.15) is 40.4 Å². The second-order valence-electron chi connectivity index (χ2n) is 6.58. The van der Waals surface area contributed by atoms with Crippen LogP contribution < -0.4 is 5.56 Å². The Hall–Kier alpha value is -2.51. The highest BCUT2D eigenvalue weighted by Gasteiger charge is 2.33. The minimum absolute atomic E-state index is 0.0312. The quantitative estimate of drug-likeness (QED) is 0.528. The fourth-order valence-electron chi connectivity index (χ4n) is 3.18. The van der Waals surface area contributed by atoms with Gasteiger partial charge in [-0.2, -0.15) is 0 Å². The van der Waals surface area contributed by atoms with E-state index >= 15 is 0 Å². The van der Waals surface area contributed by atoms with Gasteiger partial charge in [-0.25, -0.2) is 9.78 Å². The molecule has 6 nitrogen and oxygen atoms in total. The van der Waals surface area contributed by atoms with Gasteiger partial charge in [-0.3, -0.25) is 14.3 Å². The van der Waals surface area contributed by atoms with Crippen LogP contribution >= 0.6 is 23.8 Å². The number of methoxy groups -OCH3 is 1. The molecule has 1 aromatic carbocycles. The van der Waals surface area contributed by atoms with Crippen LogP contribution in [0.4, 0.5) is 0 Å². The van der Waals surface area contributed by atoms with E-state index in [1.807, 2.05) is 31.2 Å². The van der Waals surface area contributed by atoms with Crippen molar-refractivity contribution in [2.24, 2.45) is 0 Å². The van der Waals surface area contributed by atoms with E-state index < -0.39 is 11.5 Å². The Morgan fingerprint density at radius 3 is 2.78 bits per heavy atom. The summed E-state index contributed by atoms with van der Waals surface area (Å²) in [6, 6.07) is 7.65. The fourth-order valence-corrected chi connectivity index (χ4v) is 3.84. The number of hydrogen-bond acceptors (Lipinski definition) is 5. The van der Waals surface area contributed by atoms with Gasteiger partial charge in [0.05, 0.1) is 34.5 Å². The summed E-state index contributed by atoms with van der Waals surface area (Å²) in [5.41, 5.74) is 2.19. The molecule has 1 saturated carbocycles. The number of nitrogens with one attached hydrogen (secondary N) is 1. The molecule has 3 aromatic rings. The minimum Gasteiger partial charge on any atom is -0.465 e. The van der Waals surface area contributed by atoms with Crippen LogP contribution in [-0.4, -0.2) is 27.6 Å². The van der Waals surface area contributed by atoms with Crippen LogP contribution in [0.2, 0.25) is 5.02 Å². The van der Waals surface area contributed by atoms with Gasteiger partial charge in [0.1, 0.15) is 0 Å². The number of benzene rings is 1. The number of H-pyrrole nitrogens is 1. The molecule has 27 heavy (non-hydrogen) atoms. The van der Waals surface area contributed by atoms with Crippen molar-refractivity contribution in [3.8, 4) is 5.69 Å². The molecule has 2 aromatic heterocycles. The Balaban J connectivity index is 2.20. The first-order chi connectivity index (χ1) is 12.9. The lowest BCUT2D eigenvalue weighted by atomic mass is 10.1. The highest BCUT2D eigenvalue weighted by atomic mass is 35.5. The standard InChI is InChI=1S/C19H16ClN3O3S/c1-9-4-3-5-11(8-9)23-16-13(17(24)22-19(23)27)12(18(25)26-2)14(20)15(21-16)10-6-7-10/h3-5,8,10H,6-7H2,1-2H3,(H,22,24,27). The predicted molar refractivity (Wildman–Crippen MR) is 106 cm³/mol. The monoisotopic (exact) mass is 401 g/mol. The Bertz CT molecular complexity index is 1210. The van der Waals surface area contributed by atoms with Gasteiger partial charge >= 0.3 is 5.97 Å². The number of carbonyl (C=O) groups is 1. The topological polar surface area (TPSA) is 77.0 Å². The van der Waals surface area contributed by atoms with Crippen LogP contribution in [0, 0.1) is 11.7 Å². The summed E-state index contributed by atoms with van der Waals surface area (Å²) in [7, 11) is 1.26. The van der Waals surface area contributed by atoms with Crippen molar-refractivity contribution >= 4 is 40.8 Å². The number of aromatic nitrogens is 3. The highest BCUT2D eigenvalue weighted by molar-refractivity contribution is 7.71. The van der Waals surface area contributed by atoms with Gasteiger partial charge in [0, 0.05) is 5.92 Å². The van der Waals surface area contributed by atoms with E-state index in [0.29, 0.717) is 11.3 Å². The summed E-state index contributed by atoms with van der Waals surface area (Å²) >= 11 is 11.9. The van der Waals surface area contributed by atoms with E-state index in [0.717, 1.165) is 24.1 Å². The number of ether oxygens (including phenoxy) is 1. The third-order valence-corrected chi connectivity index (χ3v) is 5.29. The smallest absolute Gasteiger partial charge is 0.340 e. The zero-order chi connectivity index (χ0) is 19.3. The Labute approximate surface area is 164 Å². The van der Waals surface area contributed by atoms with Crippen molar-refractivity contribution in [1.29, 1.82) is 0 Å². The number of hydrogen-bond donors (Lipinski definition) is 1. The number of fused-ring (bicyclic) bond motifs is 1. The first-order valence-electron chi connectivity index (χ1n) is 8.46. The number of aryl methyl sites for hydroxylation is 1. The number of esters is 1. The maximum atomic E-state index is 12.7. The van der Waals surface area contributed by atoms with Crippen molar-refractivity contribution in [2.45, 2.75) is 25.7 Å². The van der Waals surface area contributed by atoms with E-state index in [2.05, 4.69) is 9.97 Å². The van der Waals surface area contributed by atoms with Gasteiger partial charge in [-0.1, -0.05) is 23.7 Å². The van der Waals surface area contributed by atoms with Crippen LogP contribution in [0.5, 0.6) is 0 Å². The maximum absolute atomic E-state index is 12.7. The number of nitrogens with zero attached hydrogens (tertiary/aromatic N) is 2. The molecule has 0 aliphatic heterocycles.